The SMILES string of the molecule is COc1ccc(C(=O)Nc2c(N)nc(SCC(=O)Nc3cc([N+](=O)[O-])sn3)[nH]c2=O)cc1OC. The quantitative estimate of drug-likeness (QED) is 0.142. The van der Waals surface area contributed by atoms with Crippen LogP contribution in [0.3, 0.4) is 0 Å². The number of carbonyl (C=O) groups excluding carboxylic acids is 2. The second-order valence-electron chi connectivity index (χ2n) is 6.30. The maximum absolute atomic E-state index is 12.6. The average Bonchev–Trinajstić information content (AvgIpc) is 3.28. The Labute approximate surface area is 199 Å². The predicted octanol–water partition coefficient (Wildman–Crippen LogP) is 1.72. The number of carbonyl (C=O) groups is 2. The predicted molar refractivity (Wildman–Crippen MR) is 125 cm³/mol. The minimum Gasteiger partial charge on any atom is -0.493 e. The molecule has 0 aliphatic rings. The molecule has 3 rings (SSSR count). The van der Waals surface area contributed by atoms with E-state index < -0.39 is 22.3 Å². The van der Waals surface area contributed by atoms with Crippen LogP contribution in [0.15, 0.2) is 34.2 Å². The number of nitro groups is 1. The number of benzene rings is 1. The third-order valence-corrected chi connectivity index (χ3v) is 5.71. The van der Waals surface area contributed by atoms with Gasteiger partial charge in [0.2, 0.25) is 5.91 Å². The summed E-state index contributed by atoms with van der Waals surface area (Å²) in [7, 11) is 2.88. The van der Waals surface area contributed by atoms with Crippen LogP contribution in [0.1, 0.15) is 10.4 Å². The zero-order valence-electron chi connectivity index (χ0n) is 17.6. The molecule has 34 heavy (non-hydrogen) atoms. The van der Waals surface area contributed by atoms with Crippen molar-refractivity contribution < 1.29 is 24.0 Å². The minimum atomic E-state index is -0.723. The highest BCUT2D eigenvalue weighted by Gasteiger charge is 2.17. The van der Waals surface area contributed by atoms with E-state index in [1.807, 2.05) is 0 Å². The molecule has 3 aromatic rings. The third kappa shape index (κ3) is 5.78. The van der Waals surface area contributed by atoms with E-state index in [-0.39, 0.29) is 38.8 Å². The van der Waals surface area contributed by atoms with E-state index in [0.717, 1.165) is 17.8 Å². The summed E-state index contributed by atoms with van der Waals surface area (Å²) in [6, 6.07) is 5.58. The number of thioether (sulfide) groups is 1. The first kappa shape index (κ1) is 24.5. The van der Waals surface area contributed by atoms with Gasteiger partial charge in [0.25, 0.3) is 11.5 Å². The smallest absolute Gasteiger partial charge is 0.345 e. The summed E-state index contributed by atoms with van der Waals surface area (Å²) >= 11 is 1.49. The summed E-state index contributed by atoms with van der Waals surface area (Å²) in [6.07, 6.45) is 0. The number of anilines is 3. The second kappa shape index (κ2) is 10.6. The Morgan fingerprint density at radius 1 is 1.24 bits per heavy atom. The summed E-state index contributed by atoms with van der Waals surface area (Å²) in [5.41, 5.74) is 5.04. The van der Waals surface area contributed by atoms with Crippen LogP contribution < -0.4 is 31.4 Å². The Bertz CT molecular complexity index is 1310. The third-order valence-electron chi connectivity index (χ3n) is 4.10. The van der Waals surface area contributed by atoms with Gasteiger partial charge in [-0.15, -0.1) is 0 Å². The number of nitrogens with one attached hydrogen (secondary N) is 3. The van der Waals surface area contributed by atoms with Gasteiger partial charge in [0.15, 0.2) is 28.3 Å². The number of methoxy groups -OCH3 is 2. The molecule has 5 N–H and O–H groups in total. The van der Waals surface area contributed by atoms with Crippen molar-refractivity contribution in [1.82, 2.24) is 14.3 Å². The van der Waals surface area contributed by atoms with Gasteiger partial charge in [-0.05, 0) is 18.2 Å². The average molecular weight is 508 g/mol. The lowest BCUT2D eigenvalue weighted by atomic mass is 10.2. The van der Waals surface area contributed by atoms with Gasteiger partial charge in [0, 0.05) is 17.1 Å². The minimum absolute atomic E-state index is 0.0334. The lowest BCUT2D eigenvalue weighted by molar-refractivity contribution is -0.380. The van der Waals surface area contributed by atoms with E-state index in [2.05, 4.69) is 25.0 Å². The van der Waals surface area contributed by atoms with Gasteiger partial charge < -0.3 is 25.8 Å². The number of aromatic nitrogens is 3. The second-order valence-corrected chi connectivity index (χ2v) is 8.05. The monoisotopic (exact) mass is 507 g/mol. The van der Waals surface area contributed by atoms with Crippen molar-refractivity contribution in [3.05, 3.63) is 50.3 Å². The molecular formula is C18H17N7O7S2. The molecule has 0 aliphatic carbocycles. The Morgan fingerprint density at radius 3 is 2.59 bits per heavy atom. The van der Waals surface area contributed by atoms with E-state index >= 15 is 0 Å². The van der Waals surface area contributed by atoms with Crippen molar-refractivity contribution >= 4 is 57.4 Å². The van der Waals surface area contributed by atoms with Gasteiger partial charge in [0.05, 0.1) is 31.0 Å². The molecule has 0 saturated carbocycles. The Morgan fingerprint density at radius 2 is 1.97 bits per heavy atom. The normalized spacial score (nSPS) is 10.4. The molecule has 1 aromatic carbocycles. The van der Waals surface area contributed by atoms with Crippen LogP contribution in [0.2, 0.25) is 0 Å². The standard InChI is InChI=1S/C18H17N7O7S2/c1-31-9-4-3-8(5-10(9)32-2)16(27)21-14-15(19)22-18(23-17(14)28)33-7-12(26)20-11-6-13(25(29)30)34-24-11/h3-6H,7H2,1-2H3,(H,21,27)(H,20,24,26)(H3,19,22,23,28). The van der Waals surface area contributed by atoms with Gasteiger partial charge in [-0.2, -0.15) is 4.37 Å². The summed E-state index contributed by atoms with van der Waals surface area (Å²) < 4.78 is 14.0. The van der Waals surface area contributed by atoms with Gasteiger partial charge in [-0.3, -0.25) is 29.5 Å². The van der Waals surface area contributed by atoms with Gasteiger partial charge >= 0.3 is 5.00 Å². The lowest BCUT2D eigenvalue weighted by Gasteiger charge is -2.11. The summed E-state index contributed by atoms with van der Waals surface area (Å²) in [5.74, 6) is -0.809. The maximum Gasteiger partial charge on any atom is 0.345 e. The molecule has 0 fully saturated rings. The summed E-state index contributed by atoms with van der Waals surface area (Å²) in [6.45, 7) is 0. The number of aromatic amines is 1. The molecule has 0 bridgehead atoms. The molecule has 2 heterocycles. The number of nitrogen functional groups attached to an aromatic ring is 1. The molecule has 0 radical (unpaired) electrons. The van der Waals surface area contributed by atoms with Crippen LogP contribution in [-0.2, 0) is 4.79 Å². The molecule has 2 amide bonds. The van der Waals surface area contributed by atoms with E-state index in [1.165, 1.54) is 32.4 Å². The zero-order chi connectivity index (χ0) is 24.8. The van der Waals surface area contributed by atoms with E-state index in [0.29, 0.717) is 23.0 Å². The lowest BCUT2D eigenvalue weighted by Crippen LogP contribution is -2.23. The first-order valence-corrected chi connectivity index (χ1v) is 10.9. The summed E-state index contributed by atoms with van der Waals surface area (Å²) in [4.78, 5) is 53.5. The fourth-order valence-electron chi connectivity index (χ4n) is 2.54. The molecule has 0 saturated heterocycles. The number of amides is 2. The van der Waals surface area contributed by atoms with Crippen LogP contribution >= 0.6 is 23.3 Å². The highest BCUT2D eigenvalue weighted by molar-refractivity contribution is 7.99. The number of rotatable bonds is 9. The topological polar surface area (TPSA) is 204 Å². The molecule has 16 heteroatoms. The van der Waals surface area contributed by atoms with Gasteiger partial charge in [-0.1, -0.05) is 11.8 Å². The van der Waals surface area contributed by atoms with Crippen LogP contribution in [-0.4, -0.2) is 51.1 Å². The van der Waals surface area contributed by atoms with Crippen molar-refractivity contribution in [3.8, 4) is 11.5 Å². The number of nitrogens with two attached hydrogens (primary N) is 1. The van der Waals surface area contributed by atoms with Crippen molar-refractivity contribution in [2.45, 2.75) is 5.16 Å². The largest absolute Gasteiger partial charge is 0.493 e. The molecule has 178 valence electrons. The fourth-order valence-corrected chi connectivity index (χ4v) is 3.73. The highest BCUT2D eigenvalue weighted by atomic mass is 32.2. The van der Waals surface area contributed by atoms with E-state index in [1.54, 1.807) is 0 Å². The van der Waals surface area contributed by atoms with Gasteiger partial charge in [0.1, 0.15) is 5.69 Å². The highest BCUT2D eigenvalue weighted by Crippen LogP contribution is 2.28. The summed E-state index contributed by atoms with van der Waals surface area (Å²) in [5, 5.41) is 15.3. The van der Waals surface area contributed by atoms with Crippen LogP contribution in [0.5, 0.6) is 11.5 Å². The number of ether oxygens (including phenoxy) is 2. The number of hydrogen-bond acceptors (Lipinski definition) is 12. The fraction of sp³-hybridized carbons (Fsp3) is 0.167. The molecule has 2 aromatic heterocycles. The van der Waals surface area contributed by atoms with Crippen molar-refractivity contribution in [3.63, 3.8) is 0 Å². The first-order chi connectivity index (χ1) is 16.2. The van der Waals surface area contributed by atoms with Crippen LogP contribution in [0.25, 0.3) is 0 Å². The molecule has 0 unspecified atom stereocenters. The zero-order valence-corrected chi connectivity index (χ0v) is 19.2. The number of nitrogens with zero attached hydrogens (tertiary/aromatic N) is 3. The Hall–Kier alpha value is -4.18. The number of H-pyrrole nitrogens is 1. The number of hydrogen-bond donors (Lipinski definition) is 4. The molecular weight excluding hydrogens is 490 g/mol. The molecule has 0 spiro atoms. The van der Waals surface area contributed by atoms with Crippen molar-refractivity contribution in [2.24, 2.45) is 0 Å². The maximum atomic E-state index is 12.6. The van der Waals surface area contributed by atoms with Crippen LogP contribution in [0, 0.1) is 10.1 Å². The molecule has 14 nitrogen and oxygen atoms in total. The van der Waals surface area contributed by atoms with Crippen molar-refractivity contribution in [2.75, 3.05) is 36.3 Å². The Balaban J connectivity index is 1.65. The van der Waals surface area contributed by atoms with Crippen LogP contribution in [0.4, 0.5) is 22.3 Å². The van der Waals surface area contributed by atoms with E-state index in [4.69, 9.17) is 15.2 Å². The van der Waals surface area contributed by atoms with Gasteiger partial charge in [-0.25, -0.2) is 4.98 Å². The Kier molecular flexibility index (Phi) is 7.64. The molecule has 0 aliphatic heterocycles. The van der Waals surface area contributed by atoms with Crippen molar-refractivity contribution in [1.29, 1.82) is 0 Å². The molecule has 0 atom stereocenters. The first-order valence-electron chi connectivity index (χ1n) is 9.18. The van der Waals surface area contributed by atoms with E-state index in [9.17, 15) is 24.5 Å².